The van der Waals surface area contributed by atoms with Crippen LogP contribution in [0.25, 0.3) is 0 Å². The Balaban J connectivity index is 2.05. The van der Waals surface area contributed by atoms with E-state index >= 15 is 0 Å². The Bertz CT molecular complexity index is 595. The summed E-state index contributed by atoms with van der Waals surface area (Å²) in [7, 11) is 1.67. The lowest BCUT2D eigenvalue weighted by Gasteiger charge is -2.55. The number of benzene rings is 1. The normalized spacial score (nSPS) is 31.9. The van der Waals surface area contributed by atoms with Crippen molar-refractivity contribution in [3.05, 3.63) is 28.8 Å². The molecule has 128 valence electrons. The minimum Gasteiger partial charge on any atom is -0.487 e. The monoisotopic (exact) mass is 320 g/mol. The average molecular weight is 320 g/mol. The van der Waals surface area contributed by atoms with Crippen LogP contribution in [0.3, 0.4) is 0 Å². The molecule has 0 spiro atoms. The van der Waals surface area contributed by atoms with Crippen LogP contribution < -0.4 is 4.74 Å². The van der Waals surface area contributed by atoms with E-state index in [-0.39, 0.29) is 29.6 Å². The van der Waals surface area contributed by atoms with E-state index in [2.05, 4.69) is 26.8 Å². The van der Waals surface area contributed by atoms with Gasteiger partial charge < -0.3 is 19.7 Å². The van der Waals surface area contributed by atoms with E-state index in [0.717, 1.165) is 41.7 Å². The smallest absolute Gasteiger partial charge is 0.128 e. The Morgan fingerprint density at radius 2 is 2.04 bits per heavy atom. The fourth-order valence-electron chi connectivity index (χ4n) is 4.52. The summed E-state index contributed by atoms with van der Waals surface area (Å²) in [6.07, 6.45) is 2.16. The molecular weight excluding hydrogens is 292 g/mol. The Kier molecular flexibility index (Phi) is 4.20. The molecule has 0 aromatic heterocycles. The highest BCUT2D eigenvalue weighted by Crippen LogP contribution is 2.53. The van der Waals surface area contributed by atoms with Gasteiger partial charge in [-0.2, -0.15) is 0 Å². The van der Waals surface area contributed by atoms with Crippen LogP contribution in [-0.4, -0.2) is 29.0 Å². The summed E-state index contributed by atoms with van der Waals surface area (Å²) >= 11 is 0. The van der Waals surface area contributed by atoms with Crippen LogP contribution in [0.1, 0.15) is 50.3 Å². The molecule has 23 heavy (non-hydrogen) atoms. The van der Waals surface area contributed by atoms with E-state index < -0.39 is 0 Å². The van der Waals surface area contributed by atoms with Crippen LogP contribution >= 0.6 is 0 Å². The summed E-state index contributed by atoms with van der Waals surface area (Å²) < 4.78 is 11.7. The largest absolute Gasteiger partial charge is 0.487 e. The summed E-state index contributed by atoms with van der Waals surface area (Å²) in [4.78, 5) is 0. The summed E-state index contributed by atoms with van der Waals surface area (Å²) in [6.45, 7) is 6.92. The van der Waals surface area contributed by atoms with Crippen molar-refractivity contribution in [2.24, 2.45) is 11.3 Å². The maximum atomic E-state index is 10.5. The summed E-state index contributed by atoms with van der Waals surface area (Å²) in [5.74, 6) is 1.08. The van der Waals surface area contributed by atoms with Crippen LogP contribution in [0.15, 0.2) is 12.1 Å². The Labute approximate surface area is 138 Å². The number of methoxy groups -OCH3 is 1. The third kappa shape index (κ3) is 2.67. The fourth-order valence-corrected chi connectivity index (χ4v) is 4.52. The van der Waals surface area contributed by atoms with Gasteiger partial charge >= 0.3 is 0 Å². The number of rotatable bonds is 3. The maximum Gasteiger partial charge on any atom is 0.128 e. The molecule has 0 amide bonds. The van der Waals surface area contributed by atoms with Gasteiger partial charge in [0, 0.05) is 18.6 Å². The van der Waals surface area contributed by atoms with Gasteiger partial charge in [-0.3, -0.25) is 0 Å². The van der Waals surface area contributed by atoms with Gasteiger partial charge in [-0.15, -0.1) is 0 Å². The minimum atomic E-state index is -0.301. The lowest BCUT2D eigenvalue weighted by Crippen LogP contribution is -2.58. The molecule has 3 rings (SSSR count). The van der Waals surface area contributed by atoms with Gasteiger partial charge in [0.2, 0.25) is 0 Å². The van der Waals surface area contributed by atoms with Crippen molar-refractivity contribution in [2.75, 3.05) is 7.11 Å². The Morgan fingerprint density at radius 3 is 2.70 bits per heavy atom. The minimum absolute atomic E-state index is 0.0351. The van der Waals surface area contributed by atoms with E-state index in [1.54, 1.807) is 7.11 Å². The molecule has 4 heteroatoms. The maximum absolute atomic E-state index is 10.5. The van der Waals surface area contributed by atoms with Gasteiger partial charge in [0.1, 0.15) is 11.4 Å². The first kappa shape index (κ1) is 16.7. The van der Waals surface area contributed by atoms with Gasteiger partial charge in [0.15, 0.2) is 0 Å². The van der Waals surface area contributed by atoms with Crippen LogP contribution in [0, 0.1) is 11.3 Å². The molecule has 1 aromatic carbocycles. The number of aliphatic hydroxyl groups excluding tert-OH is 2. The number of hydrogen-bond acceptors (Lipinski definition) is 4. The summed E-state index contributed by atoms with van der Waals surface area (Å²) in [5.41, 5.74) is 2.52. The van der Waals surface area contributed by atoms with Gasteiger partial charge in [0.25, 0.3) is 0 Å². The molecule has 4 nitrogen and oxygen atoms in total. The zero-order chi connectivity index (χ0) is 16.8. The predicted molar refractivity (Wildman–Crippen MR) is 88.3 cm³/mol. The molecule has 0 unspecified atom stereocenters. The van der Waals surface area contributed by atoms with Crippen molar-refractivity contribution >= 4 is 0 Å². The Hall–Kier alpha value is -1.10. The second-order valence-corrected chi connectivity index (χ2v) is 7.88. The molecule has 2 N–H and O–H groups in total. The lowest BCUT2D eigenvalue weighted by molar-refractivity contribution is -0.138. The lowest BCUT2D eigenvalue weighted by atomic mass is 9.57. The first-order valence-corrected chi connectivity index (χ1v) is 8.43. The Morgan fingerprint density at radius 1 is 1.30 bits per heavy atom. The van der Waals surface area contributed by atoms with E-state index in [1.165, 1.54) is 0 Å². The molecular formula is C19H28O4. The first-order chi connectivity index (χ1) is 10.8. The number of fused-ring (bicyclic) bond motifs is 2. The number of hydrogen-bond donors (Lipinski definition) is 2. The highest BCUT2D eigenvalue weighted by molar-refractivity contribution is 5.47. The van der Waals surface area contributed by atoms with Gasteiger partial charge in [0.05, 0.1) is 19.3 Å². The highest BCUT2D eigenvalue weighted by Gasteiger charge is 2.54. The van der Waals surface area contributed by atoms with Gasteiger partial charge in [-0.25, -0.2) is 0 Å². The topological polar surface area (TPSA) is 58.9 Å². The van der Waals surface area contributed by atoms with Crippen molar-refractivity contribution in [3.63, 3.8) is 0 Å². The SMILES string of the molecule is COCc1cc(CO)c2c(c1)C[C@@H]1C(C)(C)[C@H](O)CC[C@@]1(C)O2. The molecule has 1 fully saturated rings. The van der Waals surface area contributed by atoms with Crippen LogP contribution in [-0.2, 0) is 24.4 Å². The fraction of sp³-hybridized carbons (Fsp3) is 0.684. The zero-order valence-corrected chi connectivity index (χ0v) is 14.6. The van der Waals surface area contributed by atoms with E-state index in [1.807, 2.05) is 6.07 Å². The first-order valence-electron chi connectivity index (χ1n) is 8.43. The van der Waals surface area contributed by atoms with Crippen LogP contribution in [0.5, 0.6) is 5.75 Å². The third-order valence-electron chi connectivity index (χ3n) is 5.95. The van der Waals surface area contributed by atoms with E-state index in [4.69, 9.17) is 9.47 Å². The predicted octanol–water partition coefficient (Wildman–Crippen LogP) is 2.82. The molecule has 0 radical (unpaired) electrons. The van der Waals surface area contributed by atoms with Crippen molar-refractivity contribution in [2.45, 2.75) is 65.0 Å². The molecule has 1 aromatic rings. The van der Waals surface area contributed by atoms with E-state index in [9.17, 15) is 10.2 Å². The summed E-state index contributed by atoms with van der Waals surface area (Å²) in [6, 6.07) is 4.09. The molecule has 1 heterocycles. The van der Waals surface area contributed by atoms with Crippen molar-refractivity contribution < 1.29 is 19.7 Å². The van der Waals surface area contributed by atoms with Gasteiger partial charge in [-0.1, -0.05) is 13.8 Å². The third-order valence-corrected chi connectivity index (χ3v) is 5.95. The van der Waals surface area contributed by atoms with Crippen LogP contribution in [0.2, 0.25) is 0 Å². The number of ether oxygens (including phenoxy) is 2. The van der Waals surface area contributed by atoms with Crippen molar-refractivity contribution in [1.29, 1.82) is 0 Å². The number of aliphatic hydroxyl groups is 2. The van der Waals surface area contributed by atoms with Crippen molar-refractivity contribution in [3.8, 4) is 5.75 Å². The van der Waals surface area contributed by atoms with Gasteiger partial charge in [-0.05, 0) is 54.9 Å². The molecule has 3 atom stereocenters. The standard InChI is InChI=1S/C19H28O4/c1-18(2)15-9-13-7-12(11-22-4)8-14(10-20)17(13)23-19(15,3)6-5-16(18)21/h7-8,15-16,20-21H,5-6,9-11H2,1-4H3/t15-,16-,19-/m1/s1. The van der Waals surface area contributed by atoms with E-state index in [0.29, 0.717) is 6.61 Å². The van der Waals surface area contributed by atoms with Crippen molar-refractivity contribution in [1.82, 2.24) is 0 Å². The zero-order valence-electron chi connectivity index (χ0n) is 14.6. The highest BCUT2D eigenvalue weighted by atomic mass is 16.5. The average Bonchev–Trinajstić information content (AvgIpc) is 2.50. The molecule has 2 aliphatic rings. The molecule has 1 saturated carbocycles. The summed E-state index contributed by atoms with van der Waals surface area (Å²) in [5, 5.41) is 20.2. The molecule has 0 bridgehead atoms. The molecule has 1 aliphatic heterocycles. The van der Waals surface area contributed by atoms with Crippen LogP contribution in [0.4, 0.5) is 0 Å². The second-order valence-electron chi connectivity index (χ2n) is 7.88. The second kappa shape index (κ2) is 5.76. The molecule has 0 saturated heterocycles. The quantitative estimate of drug-likeness (QED) is 0.899. The molecule has 1 aliphatic carbocycles.